The van der Waals surface area contributed by atoms with E-state index in [0.29, 0.717) is 18.5 Å². The Morgan fingerprint density at radius 1 is 1.59 bits per heavy atom. The van der Waals surface area contributed by atoms with Crippen molar-refractivity contribution in [3.8, 4) is 5.75 Å². The van der Waals surface area contributed by atoms with Crippen LogP contribution >= 0.6 is 0 Å². The van der Waals surface area contributed by atoms with E-state index in [1.54, 1.807) is 19.1 Å². The number of rotatable bonds is 5. The van der Waals surface area contributed by atoms with Crippen molar-refractivity contribution < 1.29 is 13.9 Å². The molecule has 1 atom stereocenters. The Kier molecular flexibility index (Phi) is 4.90. The molecule has 0 fully saturated rings. The van der Waals surface area contributed by atoms with Crippen molar-refractivity contribution in [2.24, 2.45) is 5.73 Å². The third-order valence-electron chi connectivity index (χ3n) is 2.37. The molecule has 1 rings (SSSR count). The number of nitrogens with one attached hydrogen (secondary N) is 1. The summed E-state index contributed by atoms with van der Waals surface area (Å²) < 4.78 is 18.9. The average Bonchev–Trinajstić information content (AvgIpc) is 2.32. The molecule has 5 heteroatoms. The van der Waals surface area contributed by atoms with Crippen LogP contribution in [0.3, 0.4) is 0 Å². The summed E-state index contributed by atoms with van der Waals surface area (Å²) >= 11 is 0. The number of para-hydroxylation sites is 1. The molecule has 3 N–H and O–H groups in total. The third kappa shape index (κ3) is 3.42. The molecule has 0 radical (unpaired) electrons. The van der Waals surface area contributed by atoms with Crippen molar-refractivity contribution >= 4 is 5.91 Å². The van der Waals surface area contributed by atoms with Crippen molar-refractivity contribution in [2.75, 3.05) is 13.6 Å². The predicted octanol–water partition coefficient (Wildman–Crippen LogP) is 0.840. The van der Waals surface area contributed by atoms with Crippen LogP contribution in [0.25, 0.3) is 0 Å². The Labute approximate surface area is 100.0 Å². The highest BCUT2D eigenvalue weighted by Gasteiger charge is 2.17. The van der Waals surface area contributed by atoms with E-state index in [1.165, 1.54) is 13.1 Å². The summed E-state index contributed by atoms with van der Waals surface area (Å²) in [5, 5.41) is 2.44. The summed E-state index contributed by atoms with van der Waals surface area (Å²) in [6, 6.07) is 4.63. The summed E-state index contributed by atoms with van der Waals surface area (Å²) in [5.41, 5.74) is 6.11. The van der Waals surface area contributed by atoms with Gasteiger partial charge < -0.3 is 15.8 Å². The number of hydrogen-bond donors (Lipinski definition) is 2. The fraction of sp³-hybridized carbons (Fsp3) is 0.417. The number of hydrogen-bond acceptors (Lipinski definition) is 3. The minimum Gasteiger partial charge on any atom is -0.478 e. The van der Waals surface area contributed by atoms with E-state index in [9.17, 15) is 9.18 Å². The van der Waals surface area contributed by atoms with E-state index in [4.69, 9.17) is 10.5 Å². The molecular formula is C12H17FN2O2. The molecule has 0 aliphatic rings. The van der Waals surface area contributed by atoms with Crippen molar-refractivity contribution in [3.63, 3.8) is 0 Å². The standard InChI is InChI=1S/C12H17FN2O2/c1-8(12(16)15-2)17-11-9(6-7-14)4-3-5-10(11)13/h3-5,8H,6-7,14H2,1-2H3,(H,15,16). The molecule has 94 valence electrons. The fourth-order valence-electron chi connectivity index (χ4n) is 1.47. The number of benzene rings is 1. The molecule has 0 spiro atoms. The second-order valence-electron chi connectivity index (χ2n) is 3.64. The molecule has 0 heterocycles. The largest absolute Gasteiger partial charge is 0.478 e. The minimum atomic E-state index is -0.742. The molecule has 1 amide bonds. The fourth-order valence-corrected chi connectivity index (χ4v) is 1.47. The quantitative estimate of drug-likeness (QED) is 0.801. The van der Waals surface area contributed by atoms with E-state index in [2.05, 4.69) is 5.32 Å². The predicted molar refractivity (Wildman–Crippen MR) is 63.3 cm³/mol. The summed E-state index contributed by atoms with van der Waals surface area (Å²) in [6.45, 7) is 1.96. The molecule has 0 saturated heterocycles. The van der Waals surface area contributed by atoms with Gasteiger partial charge in [-0.25, -0.2) is 4.39 Å². The Balaban J connectivity index is 2.92. The van der Waals surface area contributed by atoms with Gasteiger partial charge in [0.2, 0.25) is 0 Å². The maximum absolute atomic E-state index is 13.6. The zero-order valence-electron chi connectivity index (χ0n) is 10.00. The first kappa shape index (κ1) is 13.4. The van der Waals surface area contributed by atoms with Gasteiger partial charge in [-0.3, -0.25) is 4.79 Å². The van der Waals surface area contributed by atoms with Gasteiger partial charge in [-0.05, 0) is 31.5 Å². The van der Waals surface area contributed by atoms with Crippen LogP contribution in [-0.4, -0.2) is 25.6 Å². The van der Waals surface area contributed by atoms with Crippen molar-refractivity contribution in [1.82, 2.24) is 5.32 Å². The summed E-state index contributed by atoms with van der Waals surface area (Å²) in [6.07, 6.45) is -0.235. The lowest BCUT2D eigenvalue weighted by Crippen LogP contribution is -2.34. The second kappa shape index (κ2) is 6.20. The topological polar surface area (TPSA) is 64.3 Å². The van der Waals surface area contributed by atoms with Gasteiger partial charge in [0.1, 0.15) is 0 Å². The van der Waals surface area contributed by atoms with Crippen LogP contribution < -0.4 is 15.8 Å². The molecule has 17 heavy (non-hydrogen) atoms. The maximum Gasteiger partial charge on any atom is 0.260 e. The van der Waals surface area contributed by atoms with Crippen LogP contribution in [0.4, 0.5) is 4.39 Å². The number of carbonyl (C=O) groups excluding carboxylic acids is 1. The lowest BCUT2D eigenvalue weighted by atomic mass is 10.1. The van der Waals surface area contributed by atoms with Crippen LogP contribution in [0.2, 0.25) is 0 Å². The van der Waals surface area contributed by atoms with Crippen molar-refractivity contribution in [3.05, 3.63) is 29.6 Å². The highest BCUT2D eigenvalue weighted by molar-refractivity contribution is 5.80. The SMILES string of the molecule is CNC(=O)C(C)Oc1c(F)cccc1CCN. The lowest BCUT2D eigenvalue weighted by molar-refractivity contribution is -0.126. The van der Waals surface area contributed by atoms with Crippen LogP contribution in [0.15, 0.2) is 18.2 Å². The van der Waals surface area contributed by atoms with Crippen molar-refractivity contribution in [1.29, 1.82) is 0 Å². The zero-order chi connectivity index (χ0) is 12.8. The Morgan fingerprint density at radius 2 is 2.29 bits per heavy atom. The van der Waals surface area contributed by atoms with Gasteiger partial charge in [0, 0.05) is 7.05 Å². The number of ether oxygens (including phenoxy) is 1. The number of nitrogens with two attached hydrogens (primary N) is 1. The van der Waals surface area contributed by atoms with Gasteiger partial charge >= 0.3 is 0 Å². The summed E-state index contributed by atoms with van der Waals surface area (Å²) in [4.78, 5) is 11.3. The van der Waals surface area contributed by atoms with Gasteiger partial charge in [0.25, 0.3) is 5.91 Å². The van der Waals surface area contributed by atoms with Crippen LogP contribution in [0.5, 0.6) is 5.75 Å². The molecule has 0 aromatic heterocycles. The van der Waals surface area contributed by atoms with E-state index in [1.807, 2.05) is 0 Å². The molecule has 4 nitrogen and oxygen atoms in total. The average molecular weight is 240 g/mol. The van der Waals surface area contributed by atoms with E-state index < -0.39 is 11.9 Å². The lowest BCUT2D eigenvalue weighted by Gasteiger charge is -2.16. The van der Waals surface area contributed by atoms with Gasteiger partial charge in [-0.2, -0.15) is 0 Å². The highest BCUT2D eigenvalue weighted by Crippen LogP contribution is 2.24. The number of amides is 1. The van der Waals surface area contributed by atoms with E-state index >= 15 is 0 Å². The first-order chi connectivity index (χ1) is 8.10. The molecule has 0 saturated carbocycles. The molecule has 0 aliphatic carbocycles. The van der Waals surface area contributed by atoms with Gasteiger partial charge in [0.15, 0.2) is 17.7 Å². The van der Waals surface area contributed by atoms with Crippen LogP contribution in [0, 0.1) is 5.82 Å². The Hall–Kier alpha value is -1.62. The highest BCUT2D eigenvalue weighted by atomic mass is 19.1. The first-order valence-electron chi connectivity index (χ1n) is 5.45. The maximum atomic E-state index is 13.6. The van der Waals surface area contributed by atoms with Gasteiger partial charge in [0.05, 0.1) is 0 Å². The Morgan fingerprint density at radius 3 is 2.88 bits per heavy atom. The normalized spacial score (nSPS) is 12.0. The third-order valence-corrected chi connectivity index (χ3v) is 2.37. The summed E-state index contributed by atoms with van der Waals surface area (Å²) in [5.74, 6) is -0.673. The van der Waals surface area contributed by atoms with Gasteiger partial charge in [-0.15, -0.1) is 0 Å². The van der Waals surface area contributed by atoms with E-state index in [0.717, 1.165) is 0 Å². The number of carbonyl (C=O) groups is 1. The molecule has 1 aromatic carbocycles. The second-order valence-corrected chi connectivity index (χ2v) is 3.64. The number of halogens is 1. The first-order valence-corrected chi connectivity index (χ1v) is 5.45. The molecule has 0 aliphatic heterocycles. The monoisotopic (exact) mass is 240 g/mol. The molecule has 1 aromatic rings. The van der Waals surface area contributed by atoms with Gasteiger partial charge in [-0.1, -0.05) is 12.1 Å². The van der Waals surface area contributed by atoms with Crippen LogP contribution in [-0.2, 0) is 11.2 Å². The summed E-state index contributed by atoms with van der Waals surface area (Å²) in [7, 11) is 1.50. The minimum absolute atomic E-state index is 0.106. The zero-order valence-corrected chi connectivity index (χ0v) is 10.00. The molecular weight excluding hydrogens is 223 g/mol. The smallest absolute Gasteiger partial charge is 0.260 e. The number of likely N-dealkylation sites (N-methyl/N-ethyl adjacent to an activating group) is 1. The van der Waals surface area contributed by atoms with E-state index in [-0.39, 0.29) is 11.7 Å². The Bertz CT molecular complexity index is 396. The van der Waals surface area contributed by atoms with Crippen LogP contribution in [0.1, 0.15) is 12.5 Å². The van der Waals surface area contributed by atoms with Crippen molar-refractivity contribution in [2.45, 2.75) is 19.4 Å². The molecule has 1 unspecified atom stereocenters. The molecule has 0 bridgehead atoms.